The summed E-state index contributed by atoms with van der Waals surface area (Å²) in [5, 5.41) is 40.0. The van der Waals surface area contributed by atoms with Crippen LogP contribution in [0.2, 0.25) is 0 Å². The van der Waals surface area contributed by atoms with Gasteiger partial charge in [0.25, 0.3) is 0 Å². The molecule has 0 saturated heterocycles. The average molecular weight is 1110 g/mol. The van der Waals surface area contributed by atoms with Crippen molar-refractivity contribution in [3.8, 4) is 0 Å². The van der Waals surface area contributed by atoms with Gasteiger partial charge in [-0.2, -0.15) is 29.9 Å². The van der Waals surface area contributed by atoms with Crippen LogP contribution >= 0.6 is 0 Å². The molecule has 71 heavy (non-hydrogen) atoms. The van der Waals surface area contributed by atoms with Crippen molar-refractivity contribution in [1.82, 2.24) is 29.9 Å². The molecule has 27 nitrogen and oxygen atoms in total. The Morgan fingerprint density at radius 1 is 0.577 bits per heavy atom. The molecule has 0 fully saturated rings. The molecule has 3 atom stereocenters. The second kappa shape index (κ2) is 30.9. The normalized spacial score (nSPS) is 13.0. The van der Waals surface area contributed by atoms with Crippen molar-refractivity contribution in [3.05, 3.63) is 47.5 Å². The molecule has 0 aliphatic carbocycles. The largest absolute Gasteiger partial charge is 1.00 e. The quantitative estimate of drug-likeness (QED) is 0.0174. The number of nitrogens with one attached hydrogen (secondary N) is 4. The Morgan fingerprint density at radius 2 is 0.958 bits per heavy atom. The van der Waals surface area contributed by atoms with Gasteiger partial charge in [-0.1, -0.05) is 38.1 Å². The monoisotopic (exact) mass is 1110 g/mol. The number of benzene rings is 2. The average Bonchev–Trinajstić information content (AvgIpc) is 3.21. The van der Waals surface area contributed by atoms with Gasteiger partial charge in [0.15, 0.2) is 0 Å². The minimum absolute atomic E-state index is 0. The Kier molecular flexibility index (Phi) is 30.3. The maximum absolute atomic E-state index is 12.6. The van der Waals surface area contributed by atoms with Gasteiger partial charge in [-0.15, -0.1) is 0 Å². The van der Waals surface area contributed by atoms with E-state index < -0.39 is 74.4 Å². The molecule has 0 saturated carbocycles. The van der Waals surface area contributed by atoms with Gasteiger partial charge in [0.1, 0.15) is 20.2 Å². The summed E-state index contributed by atoms with van der Waals surface area (Å²) in [6.07, 6.45) is 1.21. The van der Waals surface area contributed by atoms with Crippen molar-refractivity contribution in [2.24, 2.45) is 11.8 Å². The first-order valence-electron chi connectivity index (χ1n) is 19.8. The molecular weight excluding hydrogens is 1060 g/mol. The summed E-state index contributed by atoms with van der Waals surface area (Å²) in [5.41, 5.74) is -0.622. The summed E-state index contributed by atoms with van der Waals surface area (Å²) in [4.78, 5) is 26.7. The van der Waals surface area contributed by atoms with Crippen LogP contribution in [0.1, 0.15) is 31.9 Å². The fourth-order valence-electron chi connectivity index (χ4n) is 5.86. The predicted octanol–water partition coefficient (Wildman–Crippen LogP) is -12.7. The van der Waals surface area contributed by atoms with Crippen LogP contribution in [-0.2, 0) is 40.5 Å². The van der Waals surface area contributed by atoms with Crippen molar-refractivity contribution in [1.29, 1.82) is 0 Å². The number of rotatable bonds is 26. The third-order valence-electron chi connectivity index (χ3n) is 8.89. The van der Waals surface area contributed by atoms with Crippen molar-refractivity contribution in [2.75, 3.05) is 95.6 Å². The Balaban J connectivity index is 0.0000122. The van der Waals surface area contributed by atoms with Gasteiger partial charge in [-0.25, -0.2) is 33.7 Å². The maximum atomic E-state index is 12.6. The van der Waals surface area contributed by atoms with E-state index in [1.807, 2.05) is 0 Å². The zero-order valence-corrected chi connectivity index (χ0v) is 51.4. The van der Waals surface area contributed by atoms with Gasteiger partial charge >= 0.3 is 118 Å². The molecule has 7 N–H and O–H groups in total. The van der Waals surface area contributed by atoms with Gasteiger partial charge < -0.3 is 64.6 Å². The zero-order chi connectivity index (χ0) is 49.9. The fourth-order valence-corrected chi connectivity index (χ4v) is 7.95. The minimum Gasteiger partial charge on any atom is -0.748 e. The van der Waals surface area contributed by atoms with Gasteiger partial charge in [-0.3, -0.25) is 0 Å². The van der Waals surface area contributed by atoms with E-state index in [0.29, 0.717) is 0 Å². The van der Waals surface area contributed by atoms with Crippen molar-refractivity contribution in [3.63, 3.8) is 0 Å². The summed E-state index contributed by atoms with van der Waals surface area (Å²) in [7, 11) is -18.2. The van der Waals surface area contributed by atoms with Crippen LogP contribution < -0.4 is 149 Å². The van der Waals surface area contributed by atoms with Gasteiger partial charge in [0, 0.05) is 64.4 Å². The third kappa shape index (κ3) is 24.4. The number of aromatic nitrogens is 6. The van der Waals surface area contributed by atoms with Crippen LogP contribution in [0.25, 0.3) is 12.2 Å². The number of nitrogens with zero attached hydrogens (tertiary/aromatic N) is 8. The molecule has 4 rings (SSSR count). The van der Waals surface area contributed by atoms with Crippen LogP contribution in [0.3, 0.4) is 0 Å². The Morgan fingerprint density at radius 3 is 1.34 bits per heavy atom. The smallest absolute Gasteiger partial charge is 0.748 e. The molecule has 0 aliphatic rings. The molecule has 0 amide bonds. The molecule has 0 radical (unpaired) electrons. The minimum atomic E-state index is -5.28. The molecule has 3 unspecified atom stereocenters. The second-order valence-electron chi connectivity index (χ2n) is 15.1. The molecule has 0 aliphatic heterocycles. The fraction of sp³-hybridized carbons (Fsp3) is 0.444. The SMILES string of the molecule is CC(O)CN(CC(C)CO)c1nc(NCCS(=O)(=O)[O-])nc(Nc2ccc(C=Cc3ccc(Nc4nc(NCCS(=O)(=O)[O-])nc(N(C)CC(C)CO)n4)cc3S(=O)(=O)[O-])c(S(=O)(=O)[O-])c2)n1.[Na+].[Na+].[Na+].[Na+]. The Labute approximate surface area is 500 Å². The predicted molar refractivity (Wildman–Crippen MR) is 240 cm³/mol. The van der Waals surface area contributed by atoms with Crippen LogP contribution in [0, 0.1) is 11.8 Å². The van der Waals surface area contributed by atoms with Gasteiger partial charge in [-0.05, 0) is 54.2 Å². The van der Waals surface area contributed by atoms with Crippen molar-refractivity contribution < 1.29 is 185 Å². The van der Waals surface area contributed by atoms with E-state index in [-0.39, 0.29) is 228 Å². The summed E-state index contributed by atoms with van der Waals surface area (Å²) >= 11 is 0. The maximum Gasteiger partial charge on any atom is 1.00 e. The number of anilines is 8. The molecule has 4 aromatic rings. The number of aliphatic hydroxyl groups excluding tert-OH is 3. The first kappa shape index (κ1) is 69.5. The van der Waals surface area contributed by atoms with E-state index >= 15 is 0 Å². The molecule has 2 aromatic carbocycles. The standard InChI is InChI=1S/C36H52N12O15S4.4Na/c1-22(20-49)17-47(4)35-43-31(37-11-13-64(52,53)54)41-33(45-35)39-27-9-7-25(29(15-27)66(58,59)60)5-6-26-8-10-28(16-30(26)67(61,62)63)40-34-42-32(38-12-14-65(55,56)57)44-36(46-34)48(19-24(3)51)18-23(2)21-50;;;;/h5-10,15-16,22-24,49-51H,11-14,17-21H2,1-4H3,(H,52,53,54)(H,55,56,57)(H,58,59,60)(H,61,62,63)(H2,37,39,41,43,45)(H2,38,40,42,44,46);;;;/q;4*+1/p-4. The van der Waals surface area contributed by atoms with E-state index in [4.69, 9.17) is 0 Å². The Bertz CT molecular complexity index is 2860. The van der Waals surface area contributed by atoms with E-state index in [1.165, 1.54) is 41.0 Å². The summed E-state index contributed by atoms with van der Waals surface area (Å²) in [6, 6.07) is 6.79. The molecule has 0 bridgehead atoms. The van der Waals surface area contributed by atoms with Crippen LogP contribution in [0.4, 0.5) is 47.1 Å². The number of aliphatic hydroxyl groups is 3. The second-order valence-corrected chi connectivity index (χ2v) is 20.9. The number of hydrogen-bond acceptors (Lipinski definition) is 27. The summed E-state index contributed by atoms with van der Waals surface area (Å²) in [5.74, 6) is -3.23. The van der Waals surface area contributed by atoms with Crippen LogP contribution in [-0.4, -0.2) is 168 Å². The molecular formula is C36H48N12Na4O15S4. The summed E-state index contributed by atoms with van der Waals surface area (Å²) in [6.45, 7) is 4.04. The van der Waals surface area contributed by atoms with E-state index in [1.54, 1.807) is 20.9 Å². The van der Waals surface area contributed by atoms with E-state index in [0.717, 1.165) is 24.3 Å². The third-order valence-corrected chi connectivity index (χ3v) is 12.1. The van der Waals surface area contributed by atoms with Crippen molar-refractivity contribution >= 4 is 99.7 Å². The van der Waals surface area contributed by atoms with E-state index in [9.17, 15) is 67.2 Å². The Hall–Kier alpha value is -1.48. The first-order valence-corrected chi connectivity index (χ1v) is 25.7. The van der Waals surface area contributed by atoms with Gasteiger partial charge in [0.2, 0.25) is 35.7 Å². The van der Waals surface area contributed by atoms with E-state index in [2.05, 4.69) is 51.2 Å². The number of hydrogen-bond donors (Lipinski definition) is 7. The molecule has 2 aromatic heterocycles. The summed E-state index contributed by atoms with van der Waals surface area (Å²) < 4.78 is 142. The van der Waals surface area contributed by atoms with Crippen LogP contribution in [0.5, 0.6) is 0 Å². The molecule has 35 heteroatoms. The first-order chi connectivity index (χ1) is 31.1. The zero-order valence-electron chi connectivity index (χ0n) is 40.2. The topological polar surface area (TPSA) is 421 Å². The molecule has 370 valence electrons. The molecule has 0 spiro atoms. The van der Waals surface area contributed by atoms with Crippen LogP contribution in [0.15, 0.2) is 46.2 Å². The van der Waals surface area contributed by atoms with Gasteiger partial charge in [0.05, 0.1) is 47.6 Å². The van der Waals surface area contributed by atoms with Crippen molar-refractivity contribution in [2.45, 2.75) is 36.7 Å². The molecule has 2 heterocycles.